The van der Waals surface area contributed by atoms with Crippen molar-refractivity contribution in [2.24, 2.45) is 0 Å². The Bertz CT molecular complexity index is 695. The molecule has 108 valence electrons. The highest BCUT2D eigenvalue weighted by Crippen LogP contribution is 2.32. The molecule has 1 atom stereocenters. The van der Waals surface area contributed by atoms with E-state index in [0.29, 0.717) is 16.1 Å². The molecule has 0 aliphatic heterocycles. The molecular weight excluding hydrogens is 315 g/mol. The summed E-state index contributed by atoms with van der Waals surface area (Å²) in [5, 5.41) is 18.0. The van der Waals surface area contributed by atoms with Crippen LogP contribution < -0.4 is 0 Å². The van der Waals surface area contributed by atoms with Crippen molar-refractivity contribution >= 4 is 35.1 Å². The summed E-state index contributed by atoms with van der Waals surface area (Å²) in [7, 11) is 0. The molecule has 4 nitrogen and oxygen atoms in total. The molecule has 2 aromatic carbocycles. The van der Waals surface area contributed by atoms with Crippen LogP contribution in [-0.2, 0) is 0 Å². The van der Waals surface area contributed by atoms with Gasteiger partial charge < -0.3 is 10.2 Å². The highest BCUT2D eigenvalue weighted by atomic mass is 35.5. The minimum atomic E-state index is -1.23. The first-order valence-electron chi connectivity index (χ1n) is 5.90. The van der Waals surface area contributed by atoms with Crippen molar-refractivity contribution in [1.29, 1.82) is 0 Å². The molecule has 2 aromatic rings. The van der Waals surface area contributed by atoms with E-state index in [2.05, 4.69) is 0 Å². The number of hydrogen-bond acceptors (Lipinski definition) is 2. The maximum Gasteiger partial charge on any atom is 0.336 e. The zero-order valence-electron chi connectivity index (χ0n) is 10.6. The van der Waals surface area contributed by atoms with Crippen LogP contribution in [0.3, 0.4) is 0 Å². The highest BCUT2D eigenvalue weighted by molar-refractivity contribution is 6.30. The molecule has 0 saturated carbocycles. The van der Waals surface area contributed by atoms with Crippen LogP contribution in [0.2, 0.25) is 5.02 Å². The molecular formula is C15H10Cl2O4. The van der Waals surface area contributed by atoms with Gasteiger partial charge in [0.15, 0.2) is 0 Å². The molecule has 0 fully saturated rings. The van der Waals surface area contributed by atoms with Gasteiger partial charge in [-0.1, -0.05) is 29.8 Å². The van der Waals surface area contributed by atoms with Crippen LogP contribution in [0.15, 0.2) is 42.5 Å². The van der Waals surface area contributed by atoms with Gasteiger partial charge >= 0.3 is 11.9 Å². The molecule has 0 heterocycles. The third-order valence-corrected chi connectivity index (χ3v) is 3.71. The summed E-state index contributed by atoms with van der Waals surface area (Å²) in [6, 6.07) is 10.5. The second-order valence-corrected chi connectivity index (χ2v) is 5.20. The molecule has 0 aliphatic carbocycles. The molecule has 0 aliphatic rings. The fraction of sp³-hybridized carbons (Fsp3) is 0.0667. The summed E-state index contributed by atoms with van der Waals surface area (Å²) < 4.78 is 0. The molecule has 6 heteroatoms. The Kier molecular flexibility index (Phi) is 4.50. The number of rotatable bonds is 4. The van der Waals surface area contributed by atoms with Gasteiger partial charge in [0.1, 0.15) is 0 Å². The van der Waals surface area contributed by atoms with Gasteiger partial charge in [0, 0.05) is 5.02 Å². The van der Waals surface area contributed by atoms with Gasteiger partial charge in [0.2, 0.25) is 0 Å². The third-order valence-electron chi connectivity index (χ3n) is 2.97. The normalized spacial score (nSPS) is 11.9. The van der Waals surface area contributed by atoms with E-state index >= 15 is 0 Å². The van der Waals surface area contributed by atoms with E-state index in [1.54, 1.807) is 24.3 Å². The number of hydrogen-bond donors (Lipinski definition) is 2. The van der Waals surface area contributed by atoms with Crippen molar-refractivity contribution < 1.29 is 19.8 Å². The second kappa shape index (κ2) is 6.16. The Labute approximate surface area is 130 Å². The third kappa shape index (κ3) is 3.35. The zero-order valence-corrected chi connectivity index (χ0v) is 12.1. The van der Waals surface area contributed by atoms with Crippen molar-refractivity contribution in [3.63, 3.8) is 0 Å². The van der Waals surface area contributed by atoms with Gasteiger partial charge in [0.05, 0.1) is 16.5 Å². The lowest BCUT2D eigenvalue weighted by Gasteiger charge is -2.14. The van der Waals surface area contributed by atoms with Crippen LogP contribution >= 0.6 is 23.2 Å². The van der Waals surface area contributed by atoms with Gasteiger partial charge in [-0.2, -0.15) is 0 Å². The lowest BCUT2D eigenvalue weighted by molar-refractivity contribution is 0.0695. The molecule has 0 spiro atoms. The predicted octanol–water partition coefficient (Wildman–Crippen LogP) is 4.06. The van der Waals surface area contributed by atoms with E-state index in [4.69, 9.17) is 28.3 Å². The smallest absolute Gasteiger partial charge is 0.336 e. The predicted molar refractivity (Wildman–Crippen MR) is 79.5 cm³/mol. The van der Waals surface area contributed by atoms with Crippen LogP contribution in [0.4, 0.5) is 0 Å². The minimum Gasteiger partial charge on any atom is -0.478 e. The molecule has 2 rings (SSSR count). The Hall–Kier alpha value is -2.04. The van der Waals surface area contributed by atoms with E-state index in [1.807, 2.05) is 0 Å². The fourth-order valence-corrected chi connectivity index (χ4v) is 2.37. The van der Waals surface area contributed by atoms with Gasteiger partial charge in [-0.05, 0) is 35.4 Å². The number of carboxylic acid groups (broad SMARTS) is 2. The van der Waals surface area contributed by atoms with Crippen LogP contribution in [0.1, 0.15) is 37.2 Å². The first kappa shape index (κ1) is 15.4. The standard InChI is InChI=1S/C15H10Cl2O4/c16-10-4-1-8(2-5-10)13(17)11-6-3-9(14(18)19)7-12(11)15(20)21/h1-7,13H,(H,18,19)(H,20,21). The summed E-state index contributed by atoms with van der Waals surface area (Å²) in [6.07, 6.45) is 0. The number of benzene rings is 2. The quantitative estimate of drug-likeness (QED) is 0.831. The lowest BCUT2D eigenvalue weighted by Crippen LogP contribution is -2.08. The first-order chi connectivity index (χ1) is 9.90. The van der Waals surface area contributed by atoms with Crippen LogP contribution in [-0.4, -0.2) is 22.2 Å². The van der Waals surface area contributed by atoms with Crippen molar-refractivity contribution in [2.75, 3.05) is 0 Å². The van der Waals surface area contributed by atoms with E-state index in [1.165, 1.54) is 12.1 Å². The van der Waals surface area contributed by atoms with Crippen molar-refractivity contribution in [3.8, 4) is 0 Å². The van der Waals surface area contributed by atoms with Gasteiger partial charge in [0.25, 0.3) is 0 Å². The zero-order chi connectivity index (χ0) is 15.6. The van der Waals surface area contributed by atoms with Gasteiger partial charge in [-0.25, -0.2) is 9.59 Å². The largest absolute Gasteiger partial charge is 0.478 e. The van der Waals surface area contributed by atoms with E-state index in [-0.39, 0.29) is 11.1 Å². The molecule has 0 amide bonds. The summed E-state index contributed by atoms with van der Waals surface area (Å²) in [5.41, 5.74) is 0.768. The maximum absolute atomic E-state index is 11.3. The number of carboxylic acids is 2. The van der Waals surface area contributed by atoms with E-state index in [9.17, 15) is 14.7 Å². The van der Waals surface area contributed by atoms with Crippen molar-refractivity contribution in [2.45, 2.75) is 5.38 Å². The Balaban J connectivity index is 2.49. The summed E-state index contributed by atoms with van der Waals surface area (Å²) in [6.45, 7) is 0. The number of aromatic carboxylic acids is 2. The summed E-state index contributed by atoms with van der Waals surface area (Å²) in [5.74, 6) is -2.42. The van der Waals surface area contributed by atoms with Gasteiger partial charge in [-0.3, -0.25) is 0 Å². The number of halogens is 2. The summed E-state index contributed by atoms with van der Waals surface area (Å²) >= 11 is 12.1. The molecule has 21 heavy (non-hydrogen) atoms. The van der Waals surface area contributed by atoms with E-state index < -0.39 is 17.3 Å². The van der Waals surface area contributed by atoms with Crippen molar-refractivity contribution in [3.05, 3.63) is 69.7 Å². The minimum absolute atomic E-state index is 0.101. The molecule has 2 N–H and O–H groups in total. The maximum atomic E-state index is 11.3. The molecule has 0 saturated heterocycles. The number of carbonyl (C=O) groups is 2. The Morgan fingerprint density at radius 2 is 1.57 bits per heavy atom. The topological polar surface area (TPSA) is 74.6 Å². The number of alkyl halides is 1. The SMILES string of the molecule is O=C(O)c1ccc(C(Cl)c2ccc(Cl)cc2)c(C(=O)O)c1. The van der Waals surface area contributed by atoms with Crippen molar-refractivity contribution in [1.82, 2.24) is 0 Å². The Morgan fingerprint density at radius 3 is 2.10 bits per heavy atom. The molecule has 0 bridgehead atoms. The second-order valence-electron chi connectivity index (χ2n) is 4.33. The highest BCUT2D eigenvalue weighted by Gasteiger charge is 2.20. The van der Waals surface area contributed by atoms with Crippen LogP contribution in [0, 0.1) is 0 Å². The molecule has 0 radical (unpaired) electrons. The first-order valence-corrected chi connectivity index (χ1v) is 6.71. The van der Waals surface area contributed by atoms with Crippen LogP contribution in [0.25, 0.3) is 0 Å². The summed E-state index contributed by atoms with van der Waals surface area (Å²) in [4.78, 5) is 22.2. The van der Waals surface area contributed by atoms with Gasteiger partial charge in [-0.15, -0.1) is 11.6 Å². The molecule has 0 aromatic heterocycles. The van der Waals surface area contributed by atoms with E-state index in [0.717, 1.165) is 6.07 Å². The lowest BCUT2D eigenvalue weighted by atomic mass is 9.97. The Morgan fingerprint density at radius 1 is 0.952 bits per heavy atom. The van der Waals surface area contributed by atoms with Crippen LogP contribution in [0.5, 0.6) is 0 Å². The average Bonchev–Trinajstić information content (AvgIpc) is 2.46. The molecule has 1 unspecified atom stereocenters. The monoisotopic (exact) mass is 324 g/mol. The average molecular weight is 325 g/mol. The fourth-order valence-electron chi connectivity index (χ4n) is 1.91.